The molecule has 2 rings (SSSR count). The molecule has 1 N–H and O–H groups in total. The molecule has 1 heterocycles. The van der Waals surface area contributed by atoms with Crippen molar-refractivity contribution in [1.29, 1.82) is 0 Å². The molecule has 1 amide bonds. The Morgan fingerprint density at radius 3 is 2.26 bits per heavy atom. The van der Waals surface area contributed by atoms with Crippen LogP contribution in [0.2, 0.25) is 10.0 Å². The predicted molar refractivity (Wildman–Crippen MR) is 94.4 cm³/mol. The molecule has 1 aliphatic heterocycles. The number of hydrogen-bond donors (Lipinski definition) is 1. The third-order valence-electron chi connectivity index (χ3n) is 3.60. The molecule has 1 aromatic carbocycles. The highest BCUT2D eigenvalue weighted by Gasteiger charge is 2.29. The standard InChI is InChI=1S/C14H17BrCl2N2O3S/c1-9(14(20)19-5-3-2-4-6-19)18-23(21,22)13-11(16)7-10(15)8-12(13)17/h7-9,18H,2-6H2,1H3/t9-/m0/s1. The van der Waals surface area contributed by atoms with E-state index in [0.29, 0.717) is 17.6 Å². The molecular formula is C14H17BrCl2N2O3S. The number of benzene rings is 1. The van der Waals surface area contributed by atoms with Gasteiger partial charge in [-0.2, -0.15) is 4.72 Å². The van der Waals surface area contributed by atoms with E-state index in [-0.39, 0.29) is 20.8 Å². The number of hydrogen-bond acceptors (Lipinski definition) is 3. The minimum Gasteiger partial charge on any atom is -0.341 e. The summed E-state index contributed by atoms with van der Waals surface area (Å²) in [5.74, 6) is -0.238. The van der Waals surface area contributed by atoms with Crippen LogP contribution in [0.5, 0.6) is 0 Å². The van der Waals surface area contributed by atoms with E-state index in [0.717, 1.165) is 19.3 Å². The zero-order chi connectivity index (χ0) is 17.2. The summed E-state index contributed by atoms with van der Waals surface area (Å²) in [5, 5.41) is -0.0102. The van der Waals surface area contributed by atoms with Crippen molar-refractivity contribution in [2.45, 2.75) is 37.1 Å². The van der Waals surface area contributed by atoms with E-state index in [1.807, 2.05) is 0 Å². The van der Waals surface area contributed by atoms with Crippen molar-refractivity contribution in [2.75, 3.05) is 13.1 Å². The zero-order valence-electron chi connectivity index (χ0n) is 12.5. The largest absolute Gasteiger partial charge is 0.341 e. The van der Waals surface area contributed by atoms with Crippen molar-refractivity contribution in [3.8, 4) is 0 Å². The van der Waals surface area contributed by atoms with Crippen LogP contribution in [0.1, 0.15) is 26.2 Å². The van der Waals surface area contributed by atoms with Crippen molar-refractivity contribution in [3.63, 3.8) is 0 Å². The highest BCUT2D eigenvalue weighted by Crippen LogP contribution is 2.32. The lowest BCUT2D eigenvalue weighted by Crippen LogP contribution is -2.48. The first-order chi connectivity index (χ1) is 10.7. The fourth-order valence-electron chi connectivity index (χ4n) is 2.52. The molecule has 1 atom stereocenters. The normalized spacial score (nSPS) is 17.1. The lowest BCUT2D eigenvalue weighted by Gasteiger charge is -2.29. The van der Waals surface area contributed by atoms with Crippen molar-refractivity contribution in [1.82, 2.24) is 9.62 Å². The molecule has 0 radical (unpaired) electrons. The molecule has 9 heteroatoms. The van der Waals surface area contributed by atoms with Gasteiger partial charge < -0.3 is 4.90 Å². The van der Waals surface area contributed by atoms with Crippen LogP contribution < -0.4 is 4.72 Å². The molecule has 0 aromatic heterocycles. The topological polar surface area (TPSA) is 66.5 Å². The summed E-state index contributed by atoms with van der Waals surface area (Å²) in [4.78, 5) is 13.8. The molecule has 1 aliphatic rings. The highest BCUT2D eigenvalue weighted by atomic mass is 79.9. The second-order valence-electron chi connectivity index (χ2n) is 5.43. The Kier molecular flexibility index (Phi) is 6.35. The van der Waals surface area contributed by atoms with E-state index in [4.69, 9.17) is 23.2 Å². The maximum absolute atomic E-state index is 12.5. The smallest absolute Gasteiger partial charge is 0.244 e. The summed E-state index contributed by atoms with van der Waals surface area (Å²) < 4.78 is 28.0. The maximum atomic E-state index is 12.5. The van der Waals surface area contributed by atoms with E-state index in [1.165, 1.54) is 19.1 Å². The maximum Gasteiger partial charge on any atom is 0.244 e. The Morgan fingerprint density at radius 2 is 1.74 bits per heavy atom. The van der Waals surface area contributed by atoms with E-state index >= 15 is 0 Å². The monoisotopic (exact) mass is 442 g/mol. The van der Waals surface area contributed by atoms with Gasteiger partial charge in [0.1, 0.15) is 4.90 Å². The second kappa shape index (κ2) is 7.70. The summed E-state index contributed by atoms with van der Waals surface area (Å²) in [6.07, 6.45) is 2.97. The first-order valence-corrected chi connectivity index (χ1v) is 10.2. The Hall–Kier alpha value is -0.340. The number of nitrogens with zero attached hydrogens (tertiary/aromatic N) is 1. The van der Waals surface area contributed by atoms with Crippen LogP contribution in [-0.4, -0.2) is 38.4 Å². The second-order valence-corrected chi connectivity index (χ2v) is 8.81. The van der Waals surface area contributed by atoms with Crippen LogP contribution in [0.25, 0.3) is 0 Å². The van der Waals surface area contributed by atoms with Crippen molar-refractivity contribution in [2.24, 2.45) is 0 Å². The average molecular weight is 444 g/mol. The molecule has 23 heavy (non-hydrogen) atoms. The fourth-order valence-corrected chi connectivity index (χ4v) is 5.65. The van der Waals surface area contributed by atoms with Crippen molar-refractivity contribution < 1.29 is 13.2 Å². The number of likely N-dealkylation sites (tertiary alicyclic amines) is 1. The van der Waals surface area contributed by atoms with Gasteiger partial charge in [-0.25, -0.2) is 8.42 Å². The fraction of sp³-hybridized carbons (Fsp3) is 0.500. The molecule has 0 aliphatic carbocycles. The minimum atomic E-state index is -4.00. The highest BCUT2D eigenvalue weighted by molar-refractivity contribution is 9.10. The number of carbonyl (C=O) groups excluding carboxylic acids is 1. The van der Waals surface area contributed by atoms with Crippen LogP contribution in [0.15, 0.2) is 21.5 Å². The van der Waals surface area contributed by atoms with Gasteiger partial charge in [0.15, 0.2) is 0 Å². The van der Waals surface area contributed by atoms with Gasteiger partial charge in [-0.05, 0) is 38.3 Å². The Balaban J connectivity index is 2.19. The molecular weight excluding hydrogens is 427 g/mol. The van der Waals surface area contributed by atoms with Gasteiger partial charge in [-0.1, -0.05) is 39.1 Å². The summed E-state index contributed by atoms with van der Waals surface area (Å²) in [5.41, 5.74) is 0. The molecule has 5 nitrogen and oxygen atoms in total. The zero-order valence-corrected chi connectivity index (χ0v) is 16.4. The van der Waals surface area contributed by atoms with Crippen LogP contribution in [0.3, 0.4) is 0 Å². The molecule has 1 saturated heterocycles. The summed E-state index contributed by atoms with van der Waals surface area (Å²) >= 11 is 15.2. The van der Waals surface area contributed by atoms with E-state index in [1.54, 1.807) is 4.90 Å². The van der Waals surface area contributed by atoms with Crippen molar-refractivity contribution >= 4 is 55.1 Å². The Labute approximate surface area is 154 Å². The number of amides is 1. The first kappa shape index (κ1) is 19.0. The molecule has 0 saturated carbocycles. The van der Waals surface area contributed by atoms with Gasteiger partial charge in [0.2, 0.25) is 15.9 Å². The van der Waals surface area contributed by atoms with Crippen LogP contribution in [0.4, 0.5) is 0 Å². The predicted octanol–water partition coefficient (Wildman–Crippen LogP) is 3.44. The third-order valence-corrected chi connectivity index (χ3v) is 6.52. The molecule has 1 aromatic rings. The number of sulfonamides is 1. The first-order valence-electron chi connectivity index (χ1n) is 7.18. The number of halogens is 3. The summed E-state index contributed by atoms with van der Waals surface area (Å²) in [6, 6.07) is 2.01. The summed E-state index contributed by atoms with van der Waals surface area (Å²) in [6.45, 7) is 2.84. The number of carbonyl (C=O) groups is 1. The lowest BCUT2D eigenvalue weighted by atomic mass is 10.1. The Morgan fingerprint density at radius 1 is 1.22 bits per heavy atom. The molecule has 0 spiro atoms. The average Bonchev–Trinajstić information content (AvgIpc) is 2.45. The van der Waals surface area contributed by atoms with Gasteiger partial charge in [0, 0.05) is 17.6 Å². The van der Waals surface area contributed by atoms with E-state index < -0.39 is 16.1 Å². The molecule has 128 valence electrons. The quantitative estimate of drug-likeness (QED) is 0.774. The number of rotatable bonds is 4. The van der Waals surface area contributed by atoms with Crippen LogP contribution in [-0.2, 0) is 14.8 Å². The van der Waals surface area contributed by atoms with Gasteiger partial charge >= 0.3 is 0 Å². The van der Waals surface area contributed by atoms with Crippen LogP contribution in [0, 0.1) is 0 Å². The number of nitrogens with one attached hydrogen (secondary N) is 1. The Bertz CT molecular complexity index is 683. The van der Waals surface area contributed by atoms with E-state index in [2.05, 4.69) is 20.7 Å². The minimum absolute atomic E-state index is 0.00510. The third kappa shape index (κ3) is 4.60. The van der Waals surface area contributed by atoms with Gasteiger partial charge in [-0.15, -0.1) is 0 Å². The number of piperidine rings is 1. The summed E-state index contributed by atoms with van der Waals surface area (Å²) in [7, 11) is -4.00. The van der Waals surface area contributed by atoms with Gasteiger partial charge in [0.25, 0.3) is 0 Å². The van der Waals surface area contributed by atoms with Crippen molar-refractivity contribution in [3.05, 3.63) is 26.7 Å². The van der Waals surface area contributed by atoms with Crippen LogP contribution >= 0.6 is 39.1 Å². The SMILES string of the molecule is C[C@H](NS(=O)(=O)c1c(Cl)cc(Br)cc1Cl)C(=O)N1CCCCC1. The van der Waals surface area contributed by atoms with Gasteiger partial charge in [0.05, 0.1) is 16.1 Å². The lowest BCUT2D eigenvalue weighted by molar-refractivity contribution is -0.133. The van der Waals surface area contributed by atoms with Gasteiger partial charge in [-0.3, -0.25) is 4.79 Å². The molecule has 0 unspecified atom stereocenters. The molecule has 0 bridgehead atoms. The van der Waals surface area contributed by atoms with E-state index in [9.17, 15) is 13.2 Å². The molecule has 1 fully saturated rings.